The molecule has 0 bridgehead atoms. The van der Waals surface area contributed by atoms with Crippen molar-refractivity contribution in [1.82, 2.24) is 0 Å². The van der Waals surface area contributed by atoms with Crippen LogP contribution in [0, 0.1) is 23.7 Å². The molecule has 3 N–H and O–H groups in total. The van der Waals surface area contributed by atoms with Crippen molar-refractivity contribution < 1.29 is 80.2 Å². The van der Waals surface area contributed by atoms with Gasteiger partial charge in [-0.05, 0) is 49.4 Å². The molecule has 0 aromatic rings. The molecule has 93 heavy (non-hydrogen) atoms. The third-order valence-electron chi connectivity index (χ3n) is 17.8. The standard InChI is InChI=1S/C74H144O17P2/c1-9-66(7)52-44-36-28-24-25-31-41-49-57-74(79)91-69(60-84-71(76)54-46-38-29-23-19-21-27-35-43-51-65(5)6)62-88-92(80,81)86-58-68(75)59-87-93(82,83)89-63-70(61-85-72(77)55-47-39-33-32-37-45-53-67(8)10-2)90-73(78)56-48-40-30-22-18-16-14-12-11-13-15-17-20-26-34-42-50-64(3)4/h64-70,75H,9-63H2,1-8H3,(H,80,81)(H,82,83)/t66?,67?,68-,69-,70-/m1/s1. The lowest BCUT2D eigenvalue weighted by atomic mass is 9.99. The molecule has 0 saturated heterocycles. The molecule has 0 fully saturated rings. The van der Waals surface area contributed by atoms with E-state index in [1.807, 2.05) is 0 Å². The van der Waals surface area contributed by atoms with Crippen LogP contribution < -0.4 is 0 Å². The number of carbonyl (C=O) groups is 4. The number of unbranched alkanes of at least 4 members (excludes halogenated alkanes) is 35. The lowest BCUT2D eigenvalue weighted by Gasteiger charge is -2.21. The molecule has 0 amide bonds. The van der Waals surface area contributed by atoms with Crippen molar-refractivity contribution in [3.8, 4) is 0 Å². The highest BCUT2D eigenvalue weighted by molar-refractivity contribution is 7.47. The minimum atomic E-state index is -4.96. The van der Waals surface area contributed by atoms with Crippen LogP contribution in [0.3, 0.4) is 0 Å². The molecule has 552 valence electrons. The summed E-state index contributed by atoms with van der Waals surface area (Å²) >= 11 is 0. The van der Waals surface area contributed by atoms with Crippen LogP contribution in [0.5, 0.6) is 0 Å². The minimum Gasteiger partial charge on any atom is -0.462 e. The molecule has 0 aliphatic rings. The van der Waals surface area contributed by atoms with E-state index in [4.69, 9.17) is 37.0 Å². The number of rotatable bonds is 71. The molecule has 0 spiro atoms. The van der Waals surface area contributed by atoms with Crippen LogP contribution in [0.15, 0.2) is 0 Å². The van der Waals surface area contributed by atoms with Gasteiger partial charge in [0.1, 0.15) is 19.3 Å². The average Bonchev–Trinajstić information content (AvgIpc) is 1.66. The summed E-state index contributed by atoms with van der Waals surface area (Å²) < 4.78 is 68.4. The van der Waals surface area contributed by atoms with Crippen molar-refractivity contribution in [3.05, 3.63) is 0 Å². The Morgan fingerprint density at radius 2 is 0.516 bits per heavy atom. The van der Waals surface area contributed by atoms with Gasteiger partial charge in [0, 0.05) is 25.7 Å². The topological polar surface area (TPSA) is 237 Å². The van der Waals surface area contributed by atoms with Gasteiger partial charge >= 0.3 is 39.5 Å². The maximum atomic E-state index is 13.1. The summed E-state index contributed by atoms with van der Waals surface area (Å²) in [5, 5.41) is 10.6. The number of phosphoric ester groups is 2. The molecule has 0 rings (SSSR count). The molecule has 0 aromatic heterocycles. The van der Waals surface area contributed by atoms with Crippen molar-refractivity contribution in [3.63, 3.8) is 0 Å². The third kappa shape index (κ3) is 65.8. The van der Waals surface area contributed by atoms with Gasteiger partial charge < -0.3 is 33.8 Å². The second kappa shape index (κ2) is 63.5. The fraction of sp³-hybridized carbons (Fsp3) is 0.946. The van der Waals surface area contributed by atoms with Crippen molar-refractivity contribution in [2.24, 2.45) is 23.7 Å². The van der Waals surface area contributed by atoms with Crippen LogP contribution in [0.2, 0.25) is 0 Å². The first kappa shape index (κ1) is 91.1. The second-order valence-corrected chi connectivity index (χ2v) is 31.0. The van der Waals surface area contributed by atoms with E-state index in [0.29, 0.717) is 25.7 Å². The SMILES string of the molecule is CCC(C)CCCCCCCCCCC(=O)O[C@H](COC(=O)CCCCCCCCCCCC(C)C)COP(=O)(O)OC[C@@H](O)COP(=O)(O)OC[C@@H](COC(=O)CCCCCCCCC(C)CC)OC(=O)CCCCCCCCCCCCCCCCCCC(C)C. The Bertz CT molecular complexity index is 1840. The molecule has 0 heterocycles. The predicted octanol–water partition coefficient (Wildman–Crippen LogP) is 21.3. The fourth-order valence-electron chi connectivity index (χ4n) is 11.1. The molecule has 17 nitrogen and oxygen atoms in total. The lowest BCUT2D eigenvalue weighted by molar-refractivity contribution is -0.161. The molecule has 7 atom stereocenters. The Hall–Kier alpha value is -1.94. The van der Waals surface area contributed by atoms with Gasteiger partial charge in [-0.25, -0.2) is 9.13 Å². The number of esters is 4. The zero-order valence-electron chi connectivity index (χ0n) is 60.9. The predicted molar refractivity (Wildman–Crippen MR) is 377 cm³/mol. The summed E-state index contributed by atoms with van der Waals surface area (Å²) in [5.41, 5.74) is 0. The average molecular weight is 1370 g/mol. The van der Waals surface area contributed by atoms with Gasteiger partial charge in [-0.2, -0.15) is 0 Å². The van der Waals surface area contributed by atoms with E-state index >= 15 is 0 Å². The largest absolute Gasteiger partial charge is 0.472 e. The smallest absolute Gasteiger partial charge is 0.462 e. The van der Waals surface area contributed by atoms with E-state index < -0.39 is 97.5 Å². The highest BCUT2D eigenvalue weighted by atomic mass is 31.2. The summed E-state index contributed by atoms with van der Waals surface area (Å²) in [6.07, 6.45) is 47.2. The van der Waals surface area contributed by atoms with E-state index in [1.165, 1.54) is 167 Å². The maximum Gasteiger partial charge on any atom is 0.472 e. The summed E-state index contributed by atoms with van der Waals surface area (Å²) in [6, 6.07) is 0. The Morgan fingerprint density at radius 1 is 0.301 bits per heavy atom. The van der Waals surface area contributed by atoms with Gasteiger partial charge in [-0.3, -0.25) is 37.3 Å². The van der Waals surface area contributed by atoms with Crippen molar-refractivity contribution in [2.75, 3.05) is 39.6 Å². The van der Waals surface area contributed by atoms with Crippen molar-refractivity contribution in [2.45, 2.75) is 388 Å². The zero-order valence-corrected chi connectivity index (χ0v) is 62.7. The Labute approximate surface area is 568 Å². The maximum absolute atomic E-state index is 13.1. The van der Waals surface area contributed by atoms with Gasteiger partial charge in [0.05, 0.1) is 26.4 Å². The molecule has 0 aliphatic carbocycles. The van der Waals surface area contributed by atoms with Gasteiger partial charge in [0.15, 0.2) is 12.2 Å². The van der Waals surface area contributed by atoms with Crippen LogP contribution in [0.25, 0.3) is 0 Å². The van der Waals surface area contributed by atoms with E-state index in [-0.39, 0.29) is 25.7 Å². The van der Waals surface area contributed by atoms with E-state index in [1.54, 1.807) is 0 Å². The van der Waals surface area contributed by atoms with Crippen LogP contribution in [-0.4, -0.2) is 96.7 Å². The zero-order chi connectivity index (χ0) is 68.9. The first-order chi connectivity index (χ1) is 44.7. The highest BCUT2D eigenvalue weighted by Gasteiger charge is 2.30. The molecule has 0 aliphatic heterocycles. The minimum absolute atomic E-state index is 0.104. The molecular formula is C74H144O17P2. The normalized spacial score (nSPS) is 14.8. The van der Waals surface area contributed by atoms with E-state index in [2.05, 4.69) is 55.4 Å². The number of ether oxygens (including phenoxy) is 4. The van der Waals surface area contributed by atoms with Crippen LogP contribution in [0.4, 0.5) is 0 Å². The molecular weight excluding hydrogens is 1220 g/mol. The van der Waals surface area contributed by atoms with Crippen LogP contribution in [-0.2, 0) is 65.4 Å². The number of carbonyl (C=O) groups excluding carboxylic acids is 4. The Morgan fingerprint density at radius 3 is 0.763 bits per heavy atom. The number of aliphatic hydroxyl groups excluding tert-OH is 1. The van der Waals surface area contributed by atoms with Gasteiger partial charge in [-0.1, -0.05) is 319 Å². The quantitative estimate of drug-likeness (QED) is 0.0222. The number of aliphatic hydroxyl groups is 1. The van der Waals surface area contributed by atoms with Crippen molar-refractivity contribution in [1.29, 1.82) is 0 Å². The number of hydrogen-bond donors (Lipinski definition) is 3. The van der Waals surface area contributed by atoms with Crippen LogP contribution in [0.1, 0.15) is 370 Å². The number of phosphoric acid groups is 2. The van der Waals surface area contributed by atoms with Crippen LogP contribution >= 0.6 is 15.6 Å². The van der Waals surface area contributed by atoms with E-state index in [0.717, 1.165) is 120 Å². The fourth-order valence-corrected chi connectivity index (χ4v) is 12.7. The van der Waals surface area contributed by atoms with E-state index in [9.17, 15) is 43.2 Å². The third-order valence-corrected chi connectivity index (χ3v) is 19.7. The molecule has 0 saturated carbocycles. The second-order valence-electron chi connectivity index (χ2n) is 28.1. The van der Waals surface area contributed by atoms with Gasteiger partial charge in [0.2, 0.25) is 0 Å². The lowest BCUT2D eigenvalue weighted by Crippen LogP contribution is -2.30. The van der Waals surface area contributed by atoms with Gasteiger partial charge in [-0.15, -0.1) is 0 Å². The first-order valence-corrected chi connectivity index (χ1v) is 41.3. The molecule has 0 radical (unpaired) electrons. The Kier molecular flexibility index (Phi) is 62.2. The Balaban J connectivity index is 5.22. The summed E-state index contributed by atoms with van der Waals surface area (Å²) in [6.45, 7) is 14.2. The summed E-state index contributed by atoms with van der Waals surface area (Å²) in [7, 11) is -9.91. The van der Waals surface area contributed by atoms with Gasteiger partial charge in [0.25, 0.3) is 0 Å². The van der Waals surface area contributed by atoms with Crippen molar-refractivity contribution >= 4 is 39.5 Å². The molecule has 0 aromatic carbocycles. The number of hydrogen-bond acceptors (Lipinski definition) is 15. The monoisotopic (exact) mass is 1370 g/mol. The first-order valence-electron chi connectivity index (χ1n) is 38.3. The summed E-state index contributed by atoms with van der Waals surface area (Å²) in [5.74, 6) is 0.927. The highest BCUT2D eigenvalue weighted by Crippen LogP contribution is 2.45. The summed E-state index contributed by atoms with van der Waals surface area (Å²) in [4.78, 5) is 72.7. The molecule has 4 unspecified atom stereocenters. The molecule has 19 heteroatoms.